The van der Waals surface area contributed by atoms with E-state index in [1.54, 1.807) is 0 Å². The van der Waals surface area contributed by atoms with E-state index in [-0.39, 0.29) is 18.0 Å². The van der Waals surface area contributed by atoms with E-state index in [0.717, 1.165) is 22.7 Å². The molecule has 0 unspecified atom stereocenters. The molecule has 0 aliphatic rings. The minimum Gasteiger partial charge on any atom is -0.490 e. The van der Waals surface area contributed by atoms with Gasteiger partial charge in [0.1, 0.15) is 6.04 Å². The Morgan fingerprint density at radius 1 is 1.00 bits per heavy atom. The van der Waals surface area contributed by atoms with E-state index >= 15 is 0 Å². The summed E-state index contributed by atoms with van der Waals surface area (Å²) in [7, 11) is 0. The Morgan fingerprint density at radius 2 is 1.65 bits per heavy atom. The van der Waals surface area contributed by atoms with Crippen molar-refractivity contribution < 1.29 is 19.6 Å². The van der Waals surface area contributed by atoms with Crippen LogP contribution in [0, 0.1) is 0 Å². The number of benzene rings is 2. The lowest BCUT2D eigenvalue weighted by Gasteiger charge is -2.18. The molecule has 0 heterocycles. The van der Waals surface area contributed by atoms with Gasteiger partial charge in [0.25, 0.3) is 5.91 Å². The molecule has 0 saturated heterocycles. The Bertz CT molecular complexity index is 704. The molecule has 0 spiro atoms. The van der Waals surface area contributed by atoms with Crippen molar-refractivity contribution in [3.63, 3.8) is 0 Å². The van der Waals surface area contributed by atoms with Crippen molar-refractivity contribution in [2.24, 2.45) is 0 Å². The number of hydrogen-bond acceptors (Lipinski definition) is 3. The van der Waals surface area contributed by atoms with Gasteiger partial charge in [0, 0.05) is 11.3 Å². The maximum absolute atomic E-state index is 12.4. The van der Waals surface area contributed by atoms with Crippen LogP contribution in [0.2, 0.25) is 0 Å². The number of carbonyl (C=O) groups excluding carboxylic acids is 1. The van der Waals surface area contributed by atoms with Gasteiger partial charge in [-0.2, -0.15) is 0 Å². The van der Waals surface area contributed by atoms with Crippen LogP contribution in [0.25, 0.3) is 0 Å². The van der Waals surface area contributed by atoms with Crippen LogP contribution in [0.1, 0.15) is 39.3 Å². The Kier molecular flexibility index (Phi) is 7.48. The number of carbonyl (C=O) groups is 1. The molecule has 140 valence electrons. The molecule has 26 heavy (non-hydrogen) atoms. The SMILES string of the molecule is CCOc1ccc([C@@H](C)[NH2+][C@H](C)C(=O)Nc2ccccc2)cc1OCC. The molecule has 0 radical (unpaired) electrons. The van der Waals surface area contributed by atoms with E-state index in [4.69, 9.17) is 9.47 Å². The number of quaternary nitrogens is 1. The van der Waals surface area contributed by atoms with Crippen LogP contribution >= 0.6 is 0 Å². The lowest BCUT2D eigenvalue weighted by molar-refractivity contribution is -0.709. The van der Waals surface area contributed by atoms with Crippen molar-refractivity contribution in [3.8, 4) is 11.5 Å². The maximum atomic E-state index is 12.4. The largest absolute Gasteiger partial charge is 0.490 e. The zero-order chi connectivity index (χ0) is 18.9. The minimum absolute atomic E-state index is 0.0148. The molecule has 2 atom stereocenters. The third kappa shape index (κ3) is 5.49. The highest BCUT2D eigenvalue weighted by Gasteiger charge is 2.21. The van der Waals surface area contributed by atoms with Crippen LogP contribution in [0.5, 0.6) is 11.5 Å². The van der Waals surface area contributed by atoms with Gasteiger partial charge in [-0.15, -0.1) is 0 Å². The van der Waals surface area contributed by atoms with E-state index < -0.39 is 0 Å². The molecule has 0 bridgehead atoms. The standard InChI is InChI=1S/C21H28N2O3/c1-5-25-19-13-12-17(14-20(19)26-6-2)15(3)22-16(4)21(24)23-18-10-8-7-9-11-18/h7-16,22H,5-6H2,1-4H3,(H,23,24)/p+1/t15-,16-/m1/s1. The molecule has 5 heteroatoms. The molecular formula is C21H29N2O3+. The lowest BCUT2D eigenvalue weighted by atomic mass is 10.1. The third-order valence-corrected chi connectivity index (χ3v) is 4.13. The molecular weight excluding hydrogens is 328 g/mol. The highest BCUT2D eigenvalue weighted by atomic mass is 16.5. The van der Waals surface area contributed by atoms with Crippen molar-refractivity contribution in [3.05, 3.63) is 54.1 Å². The van der Waals surface area contributed by atoms with Gasteiger partial charge in [0.05, 0.1) is 13.2 Å². The Hall–Kier alpha value is -2.53. The number of ether oxygens (including phenoxy) is 2. The van der Waals surface area contributed by atoms with Crippen molar-refractivity contribution in [2.75, 3.05) is 18.5 Å². The maximum Gasteiger partial charge on any atom is 0.282 e. The summed E-state index contributed by atoms with van der Waals surface area (Å²) in [6.45, 7) is 9.07. The van der Waals surface area contributed by atoms with Crippen LogP contribution < -0.4 is 20.1 Å². The monoisotopic (exact) mass is 357 g/mol. The van der Waals surface area contributed by atoms with Crippen LogP contribution in [0.4, 0.5) is 5.69 Å². The van der Waals surface area contributed by atoms with E-state index in [9.17, 15) is 4.79 Å². The number of anilines is 1. The zero-order valence-corrected chi connectivity index (χ0v) is 16.0. The lowest BCUT2D eigenvalue weighted by Crippen LogP contribution is -2.91. The first kappa shape index (κ1) is 19.8. The minimum atomic E-state index is -0.215. The van der Waals surface area contributed by atoms with Gasteiger partial charge in [0.15, 0.2) is 17.5 Å². The van der Waals surface area contributed by atoms with E-state index in [0.29, 0.717) is 13.2 Å². The second-order valence-corrected chi connectivity index (χ2v) is 6.20. The summed E-state index contributed by atoms with van der Waals surface area (Å²) >= 11 is 0. The summed E-state index contributed by atoms with van der Waals surface area (Å²) < 4.78 is 11.3. The van der Waals surface area contributed by atoms with Gasteiger partial charge in [-0.3, -0.25) is 4.79 Å². The Labute approximate surface area is 155 Å². The van der Waals surface area contributed by atoms with Gasteiger partial charge < -0.3 is 20.1 Å². The number of para-hydroxylation sites is 1. The molecule has 0 aliphatic carbocycles. The second kappa shape index (κ2) is 9.82. The molecule has 2 aromatic carbocycles. The van der Waals surface area contributed by atoms with Gasteiger partial charge in [0.2, 0.25) is 0 Å². The Morgan fingerprint density at radius 3 is 2.31 bits per heavy atom. The molecule has 1 amide bonds. The zero-order valence-electron chi connectivity index (χ0n) is 16.0. The first-order chi connectivity index (χ1) is 12.5. The van der Waals surface area contributed by atoms with Crippen LogP contribution in [0.15, 0.2) is 48.5 Å². The van der Waals surface area contributed by atoms with Gasteiger partial charge in [-0.1, -0.05) is 18.2 Å². The topological polar surface area (TPSA) is 64.2 Å². The number of amides is 1. The molecule has 0 saturated carbocycles. The second-order valence-electron chi connectivity index (χ2n) is 6.20. The normalized spacial score (nSPS) is 12.9. The number of rotatable bonds is 9. The van der Waals surface area contributed by atoms with Crippen LogP contribution in [-0.4, -0.2) is 25.2 Å². The summed E-state index contributed by atoms with van der Waals surface area (Å²) in [5.41, 5.74) is 1.90. The van der Waals surface area contributed by atoms with E-state index in [2.05, 4.69) is 12.2 Å². The average Bonchev–Trinajstić information content (AvgIpc) is 2.64. The van der Waals surface area contributed by atoms with Crippen molar-refractivity contribution in [1.82, 2.24) is 0 Å². The first-order valence-electron chi connectivity index (χ1n) is 9.15. The number of nitrogens with one attached hydrogen (secondary N) is 1. The van der Waals surface area contributed by atoms with Crippen molar-refractivity contribution in [1.29, 1.82) is 0 Å². The summed E-state index contributed by atoms with van der Waals surface area (Å²) in [4.78, 5) is 12.4. The van der Waals surface area contributed by atoms with Crippen LogP contribution in [-0.2, 0) is 4.79 Å². The van der Waals surface area contributed by atoms with Gasteiger partial charge in [-0.25, -0.2) is 0 Å². The molecule has 0 fully saturated rings. The molecule has 3 N–H and O–H groups in total. The molecule has 0 aromatic heterocycles. The summed E-state index contributed by atoms with van der Waals surface area (Å²) in [5.74, 6) is 1.48. The average molecular weight is 357 g/mol. The predicted molar refractivity (Wildman–Crippen MR) is 104 cm³/mol. The van der Waals surface area contributed by atoms with E-state index in [1.807, 2.05) is 74.6 Å². The van der Waals surface area contributed by atoms with Crippen LogP contribution in [0.3, 0.4) is 0 Å². The predicted octanol–water partition coefficient (Wildman–Crippen LogP) is 3.14. The highest BCUT2D eigenvalue weighted by Crippen LogP contribution is 2.30. The van der Waals surface area contributed by atoms with E-state index in [1.165, 1.54) is 0 Å². The molecule has 2 rings (SSSR count). The van der Waals surface area contributed by atoms with Gasteiger partial charge >= 0.3 is 0 Å². The molecule has 5 nitrogen and oxygen atoms in total. The van der Waals surface area contributed by atoms with Crippen molar-refractivity contribution >= 4 is 11.6 Å². The van der Waals surface area contributed by atoms with Gasteiger partial charge in [-0.05, 0) is 58.0 Å². The fraction of sp³-hybridized carbons (Fsp3) is 0.381. The summed E-state index contributed by atoms with van der Waals surface area (Å²) in [5, 5.41) is 4.99. The number of nitrogens with two attached hydrogens (primary N) is 1. The summed E-state index contributed by atoms with van der Waals surface area (Å²) in [6, 6.07) is 15.4. The molecule has 0 aliphatic heterocycles. The fourth-order valence-electron chi connectivity index (χ4n) is 2.76. The molecule has 2 aromatic rings. The summed E-state index contributed by atoms with van der Waals surface area (Å²) in [6.07, 6.45) is 0. The van der Waals surface area contributed by atoms with Crippen molar-refractivity contribution in [2.45, 2.75) is 39.8 Å². The fourth-order valence-corrected chi connectivity index (χ4v) is 2.76. The highest BCUT2D eigenvalue weighted by molar-refractivity contribution is 5.93. The number of hydrogen-bond donors (Lipinski definition) is 2. The Balaban J connectivity index is 2.02. The quantitative estimate of drug-likeness (QED) is 0.725. The first-order valence-corrected chi connectivity index (χ1v) is 9.15. The smallest absolute Gasteiger partial charge is 0.282 e. The third-order valence-electron chi connectivity index (χ3n) is 4.13.